The van der Waals surface area contributed by atoms with Crippen molar-refractivity contribution in [1.82, 2.24) is 24.2 Å². The Morgan fingerprint density at radius 1 is 0.931 bits per heavy atom. The Labute approximate surface area is 173 Å². The molecule has 4 rings (SSSR count). The van der Waals surface area contributed by atoms with Crippen molar-refractivity contribution in [3.8, 4) is 5.69 Å². The van der Waals surface area contributed by atoms with Crippen LogP contribution in [0.3, 0.4) is 0 Å². The number of nitrogens with zero attached hydrogens (tertiary/aromatic N) is 5. The highest BCUT2D eigenvalue weighted by Gasteiger charge is 2.31. The summed E-state index contributed by atoms with van der Waals surface area (Å²) in [5.74, 6) is -0.268. The van der Waals surface area contributed by atoms with Crippen LogP contribution in [-0.4, -0.2) is 64.7 Å². The highest BCUT2D eigenvalue weighted by atomic mass is 35.5. The molecule has 2 heterocycles. The molecular formula is C19H18ClN5O3S. The van der Waals surface area contributed by atoms with E-state index in [0.29, 0.717) is 5.02 Å². The Morgan fingerprint density at radius 2 is 1.59 bits per heavy atom. The van der Waals surface area contributed by atoms with E-state index in [0.717, 1.165) is 5.69 Å². The van der Waals surface area contributed by atoms with Gasteiger partial charge in [-0.3, -0.25) is 4.79 Å². The zero-order valence-corrected chi connectivity index (χ0v) is 16.9. The van der Waals surface area contributed by atoms with Crippen molar-refractivity contribution in [2.24, 2.45) is 0 Å². The zero-order valence-electron chi connectivity index (χ0n) is 15.3. The fraction of sp³-hybridized carbons (Fsp3) is 0.211. The predicted molar refractivity (Wildman–Crippen MR) is 107 cm³/mol. The maximum Gasteiger partial charge on any atom is 0.276 e. The van der Waals surface area contributed by atoms with Crippen molar-refractivity contribution in [3.05, 3.63) is 71.5 Å². The first-order chi connectivity index (χ1) is 13.9. The number of benzene rings is 2. The average molecular weight is 432 g/mol. The van der Waals surface area contributed by atoms with Crippen molar-refractivity contribution >= 4 is 27.5 Å². The smallest absolute Gasteiger partial charge is 0.276 e. The van der Waals surface area contributed by atoms with E-state index < -0.39 is 10.0 Å². The van der Waals surface area contributed by atoms with Gasteiger partial charge in [0.05, 0.1) is 16.8 Å². The molecule has 0 aliphatic carbocycles. The summed E-state index contributed by atoms with van der Waals surface area (Å²) in [6.45, 7) is 0.987. The summed E-state index contributed by atoms with van der Waals surface area (Å²) in [5.41, 5.74) is 0.980. The molecule has 0 N–H and O–H groups in total. The van der Waals surface area contributed by atoms with Gasteiger partial charge < -0.3 is 4.90 Å². The molecule has 1 aliphatic rings. The monoisotopic (exact) mass is 431 g/mol. The molecule has 10 heteroatoms. The lowest BCUT2D eigenvalue weighted by Crippen LogP contribution is -2.50. The SMILES string of the molecule is O=C(c1cnn(-c2ccccc2)n1)N1CCN(S(=O)(=O)c2ccc(Cl)cc2)CC1. The van der Waals surface area contributed by atoms with E-state index in [4.69, 9.17) is 11.6 Å². The van der Waals surface area contributed by atoms with Gasteiger partial charge in [-0.15, -0.1) is 5.10 Å². The van der Waals surface area contributed by atoms with Gasteiger partial charge in [0.2, 0.25) is 10.0 Å². The lowest BCUT2D eigenvalue weighted by atomic mass is 10.3. The van der Waals surface area contributed by atoms with E-state index in [9.17, 15) is 13.2 Å². The van der Waals surface area contributed by atoms with E-state index in [2.05, 4.69) is 10.2 Å². The van der Waals surface area contributed by atoms with Gasteiger partial charge >= 0.3 is 0 Å². The van der Waals surface area contributed by atoms with Crippen LogP contribution in [0.2, 0.25) is 5.02 Å². The summed E-state index contributed by atoms with van der Waals surface area (Å²) in [4.78, 5) is 15.9. The molecule has 0 radical (unpaired) electrons. The molecule has 8 nitrogen and oxygen atoms in total. The third-order valence-electron chi connectivity index (χ3n) is 4.68. The van der Waals surface area contributed by atoms with Crippen LogP contribution in [0.25, 0.3) is 5.69 Å². The molecule has 0 atom stereocenters. The summed E-state index contributed by atoms with van der Waals surface area (Å²) < 4.78 is 26.9. The van der Waals surface area contributed by atoms with Crippen molar-refractivity contribution in [3.63, 3.8) is 0 Å². The minimum atomic E-state index is -3.62. The first-order valence-electron chi connectivity index (χ1n) is 8.98. The van der Waals surface area contributed by atoms with E-state index in [1.165, 1.54) is 27.4 Å². The molecule has 150 valence electrons. The Bertz CT molecular complexity index is 1110. The molecule has 1 amide bonds. The number of rotatable bonds is 4. The maximum atomic E-state index is 12.8. The summed E-state index contributed by atoms with van der Waals surface area (Å²) in [6, 6.07) is 15.4. The van der Waals surface area contributed by atoms with Crippen molar-refractivity contribution < 1.29 is 13.2 Å². The lowest BCUT2D eigenvalue weighted by Gasteiger charge is -2.33. The number of carbonyl (C=O) groups is 1. The quantitative estimate of drug-likeness (QED) is 0.631. The van der Waals surface area contributed by atoms with Gasteiger partial charge in [0.1, 0.15) is 0 Å². The van der Waals surface area contributed by atoms with Gasteiger partial charge in [-0.05, 0) is 36.4 Å². The van der Waals surface area contributed by atoms with Crippen molar-refractivity contribution in [2.75, 3.05) is 26.2 Å². The van der Waals surface area contributed by atoms with Crippen LogP contribution in [0.4, 0.5) is 0 Å². The largest absolute Gasteiger partial charge is 0.335 e. The lowest BCUT2D eigenvalue weighted by molar-refractivity contribution is 0.0691. The molecule has 1 aliphatic heterocycles. The Balaban J connectivity index is 1.42. The molecule has 1 fully saturated rings. The molecular weight excluding hydrogens is 414 g/mol. The van der Waals surface area contributed by atoms with Gasteiger partial charge in [-0.2, -0.15) is 14.2 Å². The van der Waals surface area contributed by atoms with Crippen molar-refractivity contribution in [2.45, 2.75) is 4.90 Å². The third kappa shape index (κ3) is 4.02. The molecule has 0 spiro atoms. The van der Waals surface area contributed by atoms with Crippen LogP contribution < -0.4 is 0 Å². The molecule has 1 saturated heterocycles. The van der Waals surface area contributed by atoms with E-state index in [1.807, 2.05) is 30.3 Å². The highest BCUT2D eigenvalue weighted by molar-refractivity contribution is 7.89. The van der Waals surface area contributed by atoms with Crippen LogP contribution in [-0.2, 0) is 10.0 Å². The second kappa shape index (κ2) is 7.94. The van der Waals surface area contributed by atoms with Gasteiger partial charge in [0.25, 0.3) is 5.91 Å². The predicted octanol–water partition coefficient (Wildman–Crippen LogP) is 2.07. The molecule has 0 bridgehead atoms. The summed E-state index contributed by atoms with van der Waals surface area (Å²) >= 11 is 5.84. The minimum Gasteiger partial charge on any atom is -0.335 e. The van der Waals surface area contributed by atoms with Gasteiger partial charge in [0.15, 0.2) is 5.69 Å². The number of amides is 1. The normalized spacial score (nSPS) is 15.4. The van der Waals surface area contributed by atoms with Gasteiger partial charge in [-0.1, -0.05) is 29.8 Å². The number of carbonyl (C=O) groups excluding carboxylic acids is 1. The van der Waals surface area contributed by atoms with Crippen LogP contribution in [0.5, 0.6) is 0 Å². The summed E-state index contributed by atoms with van der Waals surface area (Å²) in [6.07, 6.45) is 1.42. The number of para-hydroxylation sites is 1. The Kier molecular flexibility index (Phi) is 5.35. The number of hydrogen-bond donors (Lipinski definition) is 0. The first-order valence-corrected chi connectivity index (χ1v) is 10.8. The summed E-state index contributed by atoms with van der Waals surface area (Å²) in [7, 11) is -3.62. The number of aromatic nitrogens is 3. The first kappa shape index (κ1) is 19.6. The van der Waals surface area contributed by atoms with Crippen LogP contribution in [0, 0.1) is 0 Å². The van der Waals surface area contributed by atoms with E-state index in [1.54, 1.807) is 17.0 Å². The molecule has 29 heavy (non-hydrogen) atoms. The highest BCUT2D eigenvalue weighted by Crippen LogP contribution is 2.20. The summed E-state index contributed by atoms with van der Waals surface area (Å²) in [5, 5.41) is 8.87. The number of sulfonamides is 1. The Hall–Kier alpha value is -2.75. The maximum absolute atomic E-state index is 12.8. The van der Waals surface area contributed by atoms with Crippen LogP contribution in [0.1, 0.15) is 10.5 Å². The molecule has 2 aromatic carbocycles. The second-order valence-corrected chi connectivity index (χ2v) is 8.88. The topological polar surface area (TPSA) is 88.4 Å². The van der Waals surface area contributed by atoms with Gasteiger partial charge in [0, 0.05) is 31.2 Å². The minimum absolute atomic E-state index is 0.187. The standard InChI is InChI=1S/C19H18ClN5O3S/c20-15-6-8-17(9-7-15)29(27,28)24-12-10-23(11-13-24)19(26)18-14-21-25(22-18)16-4-2-1-3-5-16/h1-9,14H,10-13H2. The zero-order chi connectivity index (χ0) is 20.4. The molecule has 3 aromatic rings. The second-order valence-electron chi connectivity index (χ2n) is 6.51. The third-order valence-corrected chi connectivity index (χ3v) is 6.84. The number of piperazine rings is 1. The fourth-order valence-corrected chi connectivity index (χ4v) is 4.64. The Morgan fingerprint density at radius 3 is 2.24 bits per heavy atom. The van der Waals surface area contributed by atoms with Crippen molar-refractivity contribution in [1.29, 1.82) is 0 Å². The fourth-order valence-electron chi connectivity index (χ4n) is 3.10. The van der Waals surface area contributed by atoms with E-state index in [-0.39, 0.29) is 42.7 Å². The van der Waals surface area contributed by atoms with Crippen LogP contribution >= 0.6 is 11.6 Å². The number of halogens is 1. The average Bonchev–Trinajstić information content (AvgIpc) is 3.24. The van der Waals surface area contributed by atoms with Gasteiger partial charge in [-0.25, -0.2) is 8.42 Å². The van der Waals surface area contributed by atoms with Crippen LogP contribution in [0.15, 0.2) is 65.7 Å². The van der Waals surface area contributed by atoms with E-state index >= 15 is 0 Å². The molecule has 1 aromatic heterocycles. The molecule has 0 saturated carbocycles. The number of hydrogen-bond acceptors (Lipinski definition) is 5. The molecule has 0 unspecified atom stereocenters.